The molecule has 0 spiro atoms. The molecule has 0 N–H and O–H groups in total. The third-order valence-electron chi connectivity index (χ3n) is 4.11. The molecule has 4 heteroatoms. The van der Waals surface area contributed by atoms with Crippen molar-refractivity contribution in [3.63, 3.8) is 0 Å². The molecule has 0 aliphatic heterocycles. The van der Waals surface area contributed by atoms with Gasteiger partial charge in [0.05, 0.1) is 11.0 Å². The number of hydrogen-bond donors (Lipinski definition) is 0. The standard InChI is InChI=1S/C13H24O3S/c1-5-13(9-17(15,16)10(2)3)7-6-11(4)8-12(13)14/h10-11H,5-9H2,1-4H3/t11-,13-/m1/s1. The molecule has 1 aliphatic carbocycles. The molecule has 3 nitrogen and oxygen atoms in total. The van der Waals surface area contributed by atoms with Crippen LogP contribution in [0, 0.1) is 11.3 Å². The maximum absolute atomic E-state index is 12.2. The molecule has 0 amide bonds. The highest BCUT2D eigenvalue weighted by Crippen LogP contribution is 2.40. The number of carbonyl (C=O) groups is 1. The molecule has 2 atom stereocenters. The van der Waals surface area contributed by atoms with E-state index in [0.29, 0.717) is 18.8 Å². The van der Waals surface area contributed by atoms with Crippen molar-refractivity contribution in [3.05, 3.63) is 0 Å². The molecule has 17 heavy (non-hydrogen) atoms. The minimum atomic E-state index is -3.14. The van der Waals surface area contributed by atoms with E-state index in [2.05, 4.69) is 6.92 Å². The Morgan fingerprint density at radius 2 is 2.00 bits per heavy atom. The van der Waals surface area contributed by atoms with Crippen LogP contribution < -0.4 is 0 Å². The summed E-state index contributed by atoms with van der Waals surface area (Å²) in [5.41, 5.74) is -0.602. The summed E-state index contributed by atoms with van der Waals surface area (Å²) in [6.07, 6.45) is 2.88. The largest absolute Gasteiger partial charge is 0.299 e. The Labute approximate surface area is 105 Å². The van der Waals surface area contributed by atoms with Gasteiger partial charge in [0, 0.05) is 11.8 Å². The third kappa shape index (κ3) is 3.09. The predicted molar refractivity (Wildman–Crippen MR) is 69.7 cm³/mol. The van der Waals surface area contributed by atoms with E-state index in [9.17, 15) is 13.2 Å². The Kier molecular flexibility index (Phi) is 4.39. The minimum Gasteiger partial charge on any atom is -0.299 e. The van der Waals surface area contributed by atoms with Gasteiger partial charge in [-0.3, -0.25) is 4.79 Å². The molecule has 0 radical (unpaired) electrons. The zero-order valence-corrected chi connectivity index (χ0v) is 12.1. The molecule has 0 unspecified atom stereocenters. The van der Waals surface area contributed by atoms with Crippen molar-refractivity contribution in [1.82, 2.24) is 0 Å². The molecular weight excluding hydrogens is 236 g/mol. The smallest absolute Gasteiger partial charge is 0.153 e. The van der Waals surface area contributed by atoms with Crippen LogP contribution >= 0.6 is 0 Å². The summed E-state index contributed by atoms with van der Waals surface area (Å²) in [5.74, 6) is 0.603. The van der Waals surface area contributed by atoms with Gasteiger partial charge in [0.1, 0.15) is 5.78 Å². The van der Waals surface area contributed by atoms with E-state index in [1.54, 1.807) is 13.8 Å². The Morgan fingerprint density at radius 3 is 2.41 bits per heavy atom. The highest BCUT2D eigenvalue weighted by Gasteiger charge is 2.43. The molecule has 0 heterocycles. The molecule has 0 aromatic rings. The van der Waals surface area contributed by atoms with Gasteiger partial charge in [0.25, 0.3) is 0 Å². The highest BCUT2D eigenvalue weighted by atomic mass is 32.2. The van der Waals surface area contributed by atoms with E-state index in [-0.39, 0.29) is 11.5 Å². The number of hydrogen-bond acceptors (Lipinski definition) is 3. The van der Waals surface area contributed by atoms with Gasteiger partial charge in [-0.05, 0) is 39.0 Å². The lowest BCUT2D eigenvalue weighted by Crippen LogP contribution is -2.43. The molecule has 0 aromatic heterocycles. The second-order valence-electron chi connectivity index (χ2n) is 5.76. The first-order valence-corrected chi connectivity index (χ1v) is 8.20. The van der Waals surface area contributed by atoms with Gasteiger partial charge in [-0.1, -0.05) is 13.8 Å². The molecule has 1 saturated carbocycles. The topological polar surface area (TPSA) is 51.2 Å². The van der Waals surface area contributed by atoms with Crippen molar-refractivity contribution in [2.75, 3.05) is 5.75 Å². The Bertz CT molecular complexity index is 383. The minimum absolute atomic E-state index is 0.0414. The number of carbonyl (C=O) groups excluding carboxylic acids is 1. The fraction of sp³-hybridized carbons (Fsp3) is 0.923. The van der Waals surface area contributed by atoms with E-state index in [1.807, 2.05) is 6.92 Å². The van der Waals surface area contributed by atoms with E-state index in [1.165, 1.54) is 0 Å². The maximum Gasteiger partial charge on any atom is 0.153 e. The summed E-state index contributed by atoms with van der Waals surface area (Å²) in [6, 6.07) is 0. The first kappa shape index (κ1) is 14.7. The molecule has 1 rings (SSSR count). The summed E-state index contributed by atoms with van der Waals surface area (Å²) in [7, 11) is -3.14. The maximum atomic E-state index is 12.2. The van der Waals surface area contributed by atoms with Crippen molar-refractivity contribution >= 4 is 15.6 Å². The molecule has 100 valence electrons. The molecule has 1 aliphatic rings. The van der Waals surface area contributed by atoms with Crippen molar-refractivity contribution in [1.29, 1.82) is 0 Å². The van der Waals surface area contributed by atoms with Crippen molar-refractivity contribution in [2.24, 2.45) is 11.3 Å². The zero-order valence-electron chi connectivity index (χ0n) is 11.3. The molecule has 0 aromatic carbocycles. The Hall–Kier alpha value is -0.380. The quantitative estimate of drug-likeness (QED) is 0.780. The lowest BCUT2D eigenvalue weighted by Gasteiger charge is -2.37. The number of sulfone groups is 1. The highest BCUT2D eigenvalue weighted by molar-refractivity contribution is 7.92. The van der Waals surface area contributed by atoms with Gasteiger partial charge in [0.2, 0.25) is 0 Å². The van der Waals surface area contributed by atoms with Crippen LogP contribution in [0.5, 0.6) is 0 Å². The SMILES string of the molecule is CC[C@]1(CS(=O)(=O)C(C)C)CC[C@@H](C)CC1=O. The van der Waals surface area contributed by atoms with Crippen LogP contribution in [0.3, 0.4) is 0 Å². The van der Waals surface area contributed by atoms with Crippen LogP contribution in [0.15, 0.2) is 0 Å². The summed E-state index contributed by atoms with van der Waals surface area (Å²) in [4.78, 5) is 12.2. The van der Waals surface area contributed by atoms with Gasteiger partial charge >= 0.3 is 0 Å². The second-order valence-corrected chi connectivity index (χ2v) is 8.32. The van der Waals surface area contributed by atoms with Gasteiger partial charge < -0.3 is 0 Å². The average Bonchev–Trinajstić information content (AvgIpc) is 2.22. The van der Waals surface area contributed by atoms with Crippen LogP contribution in [0.25, 0.3) is 0 Å². The first-order chi connectivity index (χ1) is 7.73. The second kappa shape index (κ2) is 5.09. The van der Waals surface area contributed by atoms with Crippen LogP contribution in [0.1, 0.15) is 53.4 Å². The first-order valence-electron chi connectivity index (χ1n) is 6.48. The number of Topliss-reactive ketones (excluding diaryl/α,β-unsaturated/α-hetero) is 1. The van der Waals surface area contributed by atoms with Gasteiger partial charge in [-0.2, -0.15) is 0 Å². The molecule has 0 saturated heterocycles. The lowest BCUT2D eigenvalue weighted by atomic mass is 9.69. The van der Waals surface area contributed by atoms with Crippen LogP contribution in [0.2, 0.25) is 0 Å². The molecule has 1 fully saturated rings. The fourth-order valence-corrected chi connectivity index (χ4v) is 4.09. The van der Waals surface area contributed by atoms with Crippen molar-refractivity contribution < 1.29 is 13.2 Å². The summed E-state index contributed by atoms with van der Waals surface area (Å²) >= 11 is 0. The zero-order chi connectivity index (χ0) is 13.3. The Balaban J connectivity index is 2.94. The normalized spacial score (nSPS) is 30.9. The van der Waals surface area contributed by atoms with Gasteiger partial charge in [0.15, 0.2) is 9.84 Å². The van der Waals surface area contributed by atoms with Gasteiger partial charge in [-0.25, -0.2) is 8.42 Å². The summed E-state index contributed by atoms with van der Waals surface area (Å²) < 4.78 is 24.1. The predicted octanol–water partition coefficient (Wildman–Crippen LogP) is 2.60. The van der Waals surface area contributed by atoms with E-state index in [4.69, 9.17) is 0 Å². The number of rotatable bonds is 4. The van der Waals surface area contributed by atoms with Crippen LogP contribution in [-0.2, 0) is 14.6 Å². The monoisotopic (exact) mass is 260 g/mol. The summed E-state index contributed by atoms with van der Waals surface area (Å²) in [5, 5.41) is -0.391. The lowest BCUT2D eigenvalue weighted by molar-refractivity contribution is -0.131. The fourth-order valence-electron chi connectivity index (χ4n) is 2.48. The Morgan fingerprint density at radius 1 is 1.41 bits per heavy atom. The van der Waals surface area contributed by atoms with Crippen molar-refractivity contribution in [3.8, 4) is 0 Å². The van der Waals surface area contributed by atoms with Gasteiger partial charge in [-0.15, -0.1) is 0 Å². The van der Waals surface area contributed by atoms with Crippen LogP contribution in [-0.4, -0.2) is 25.2 Å². The average molecular weight is 260 g/mol. The van der Waals surface area contributed by atoms with E-state index < -0.39 is 20.5 Å². The third-order valence-corrected chi connectivity index (χ3v) is 6.50. The van der Waals surface area contributed by atoms with Crippen LogP contribution in [0.4, 0.5) is 0 Å². The molecular formula is C13H24O3S. The van der Waals surface area contributed by atoms with E-state index >= 15 is 0 Å². The van der Waals surface area contributed by atoms with E-state index in [0.717, 1.165) is 12.8 Å². The molecule has 0 bridgehead atoms. The van der Waals surface area contributed by atoms with Crippen molar-refractivity contribution in [2.45, 2.75) is 58.6 Å². The summed E-state index contributed by atoms with van der Waals surface area (Å²) in [6.45, 7) is 7.38. The number of ketones is 1.